The molecule has 136 valence electrons. The van der Waals surface area contributed by atoms with Crippen molar-refractivity contribution in [2.75, 3.05) is 13.2 Å². The van der Waals surface area contributed by atoms with Gasteiger partial charge < -0.3 is 14.5 Å². The third kappa shape index (κ3) is 5.23. The number of alkyl halides is 3. The third-order valence-corrected chi connectivity index (χ3v) is 3.44. The van der Waals surface area contributed by atoms with E-state index in [0.29, 0.717) is 18.5 Å². The zero-order valence-electron chi connectivity index (χ0n) is 13.8. The van der Waals surface area contributed by atoms with Crippen molar-refractivity contribution in [3.05, 3.63) is 40.2 Å². The Labute approximate surface area is 141 Å². The fourth-order valence-electron chi connectivity index (χ4n) is 2.17. The molecule has 0 aliphatic heterocycles. The fraction of sp³-hybridized carbons (Fsp3) is 0.412. The number of amides is 1. The highest BCUT2D eigenvalue weighted by Gasteiger charge is 2.33. The van der Waals surface area contributed by atoms with Gasteiger partial charge in [0.25, 0.3) is 5.91 Å². The van der Waals surface area contributed by atoms with Gasteiger partial charge in [0.05, 0.1) is 5.56 Å². The molecular weight excluding hydrogens is 339 g/mol. The second-order valence-electron chi connectivity index (χ2n) is 5.96. The number of benzene rings is 1. The van der Waals surface area contributed by atoms with Crippen LogP contribution < -0.4 is 15.7 Å². The molecule has 0 radical (unpaired) electrons. The first-order chi connectivity index (χ1) is 11.7. The first-order valence-corrected chi connectivity index (χ1v) is 7.71. The van der Waals surface area contributed by atoms with Crippen LogP contribution in [0.2, 0.25) is 0 Å². The zero-order valence-corrected chi connectivity index (χ0v) is 13.8. The summed E-state index contributed by atoms with van der Waals surface area (Å²) in [5, 5.41) is 2.42. The number of carbonyl (C=O) groups excluding carboxylic acids is 1. The average Bonchev–Trinajstić information content (AvgIpc) is 2.50. The van der Waals surface area contributed by atoms with Gasteiger partial charge in [-0.1, -0.05) is 13.8 Å². The molecule has 2 rings (SSSR count). The molecule has 25 heavy (non-hydrogen) atoms. The predicted molar refractivity (Wildman–Crippen MR) is 85.4 cm³/mol. The van der Waals surface area contributed by atoms with Crippen LogP contribution in [0.1, 0.15) is 25.8 Å². The van der Waals surface area contributed by atoms with Crippen LogP contribution >= 0.6 is 0 Å². The summed E-state index contributed by atoms with van der Waals surface area (Å²) < 4.78 is 48.9. The molecule has 0 unspecified atom stereocenters. The molecule has 0 saturated heterocycles. The second kappa shape index (κ2) is 7.58. The number of halogens is 3. The Bertz CT molecular complexity index is 812. The van der Waals surface area contributed by atoms with E-state index in [9.17, 15) is 22.8 Å². The maximum Gasteiger partial charge on any atom is 0.417 e. The van der Waals surface area contributed by atoms with E-state index in [1.165, 1.54) is 6.07 Å². The van der Waals surface area contributed by atoms with Crippen molar-refractivity contribution < 1.29 is 27.1 Å². The Kier molecular flexibility index (Phi) is 5.71. The molecule has 1 amide bonds. The van der Waals surface area contributed by atoms with Gasteiger partial charge in [0.1, 0.15) is 11.3 Å². The van der Waals surface area contributed by atoms with Crippen LogP contribution in [0.25, 0.3) is 11.0 Å². The summed E-state index contributed by atoms with van der Waals surface area (Å²) in [5.74, 6) is 0.243. The van der Waals surface area contributed by atoms with E-state index in [1.54, 1.807) is 0 Å². The lowest BCUT2D eigenvalue weighted by molar-refractivity contribution is -0.136. The summed E-state index contributed by atoms with van der Waals surface area (Å²) in [6.45, 7) is 4.29. The number of hydrogen-bond donors (Lipinski definition) is 1. The molecule has 0 aliphatic rings. The lowest BCUT2D eigenvalue weighted by Gasteiger charge is -2.11. The average molecular weight is 357 g/mol. The van der Waals surface area contributed by atoms with Crippen molar-refractivity contribution in [2.45, 2.75) is 26.4 Å². The third-order valence-electron chi connectivity index (χ3n) is 3.44. The fourth-order valence-corrected chi connectivity index (χ4v) is 2.17. The normalized spacial score (nSPS) is 11.8. The first kappa shape index (κ1) is 18.8. The summed E-state index contributed by atoms with van der Waals surface area (Å²) in [5.41, 5.74) is -2.43. The molecule has 2 aromatic rings. The van der Waals surface area contributed by atoms with Crippen LogP contribution in [0, 0.1) is 5.92 Å². The SMILES string of the molecule is CC(C)CCNC(=O)COc1ccc2c(C(F)(F)F)cc(=O)oc2c1. The number of carbonyl (C=O) groups is 1. The summed E-state index contributed by atoms with van der Waals surface area (Å²) >= 11 is 0. The Morgan fingerprint density at radius 2 is 2.00 bits per heavy atom. The molecule has 0 aliphatic carbocycles. The molecule has 0 atom stereocenters. The Morgan fingerprint density at radius 1 is 1.28 bits per heavy atom. The van der Waals surface area contributed by atoms with Gasteiger partial charge in [0, 0.05) is 24.1 Å². The first-order valence-electron chi connectivity index (χ1n) is 7.71. The molecular formula is C17H18F3NO4. The van der Waals surface area contributed by atoms with Crippen molar-refractivity contribution in [1.29, 1.82) is 0 Å². The lowest BCUT2D eigenvalue weighted by Crippen LogP contribution is -2.30. The Balaban J connectivity index is 2.11. The molecule has 5 nitrogen and oxygen atoms in total. The van der Waals surface area contributed by atoms with Crippen LogP contribution in [0.15, 0.2) is 33.5 Å². The van der Waals surface area contributed by atoms with E-state index < -0.39 is 17.4 Å². The van der Waals surface area contributed by atoms with Gasteiger partial charge in [-0.2, -0.15) is 13.2 Å². The highest BCUT2D eigenvalue weighted by molar-refractivity contribution is 5.82. The summed E-state index contributed by atoms with van der Waals surface area (Å²) in [4.78, 5) is 23.0. The van der Waals surface area contributed by atoms with Gasteiger partial charge >= 0.3 is 11.8 Å². The van der Waals surface area contributed by atoms with E-state index in [4.69, 9.17) is 9.15 Å². The van der Waals surface area contributed by atoms with Crippen LogP contribution in [-0.4, -0.2) is 19.1 Å². The smallest absolute Gasteiger partial charge is 0.417 e. The predicted octanol–water partition coefficient (Wildman–Crippen LogP) is 3.35. The summed E-state index contributed by atoms with van der Waals surface area (Å²) in [6, 6.07) is 4.00. The van der Waals surface area contributed by atoms with E-state index in [1.807, 2.05) is 13.8 Å². The number of nitrogens with one attached hydrogen (secondary N) is 1. The molecule has 1 heterocycles. The summed E-state index contributed by atoms with van der Waals surface area (Å²) in [7, 11) is 0. The van der Waals surface area contributed by atoms with Crippen LogP contribution in [0.5, 0.6) is 5.75 Å². The van der Waals surface area contributed by atoms with Crippen molar-refractivity contribution in [3.63, 3.8) is 0 Å². The van der Waals surface area contributed by atoms with Crippen molar-refractivity contribution in [1.82, 2.24) is 5.32 Å². The van der Waals surface area contributed by atoms with Crippen LogP contribution in [0.4, 0.5) is 13.2 Å². The van der Waals surface area contributed by atoms with Gasteiger partial charge in [-0.25, -0.2) is 4.79 Å². The van der Waals surface area contributed by atoms with Gasteiger partial charge in [-0.15, -0.1) is 0 Å². The molecule has 0 saturated carbocycles. The van der Waals surface area contributed by atoms with Gasteiger partial charge in [0.2, 0.25) is 0 Å². The molecule has 1 aromatic heterocycles. The summed E-state index contributed by atoms with van der Waals surface area (Å²) in [6.07, 6.45) is -3.85. The zero-order chi connectivity index (χ0) is 18.6. The minimum Gasteiger partial charge on any atom is -0.484 e. The van der Waals surface area contributed by atoms with Crippen LogP contribution in [0.3, 0.4) is 0 Å². The molecule has 8 heteroatoms. The van der Waals surface area contributed by atoms with Crippen molar-refractivity contribution in [3.8, 4) is 5.75 Å². The molecule has 0 fully saturated rings. The quantitative estimate of drug-likeness (QED) is 0.805. The monoisotopic (exact) mass is 357 g/mol. The number of ether oxygens (including phenoxy) is 1. The molecule has 0 spiro atoms. The lowest BCUT2D eigenvalue weighted by atomic mass is 10.1. The largest absolute Gasteiger partial charge is 0.484 e. The highest BCUT2D eigenvalue weighted by Crippen LogP contribution is 2.34. The topological polar surface area (TPSA) is 68.5 Å². The Morgan fingerprint density at radius 3 is 2.64 bits per heavy atom. The minimum atomic E-state index is -4.67. The van der Waals surface area contributed by atoms with Crippen molar-refractivity contribution >= 4 is 16.9 Å². The van der Waals surface area contributed by atoms with Gasteiger partial charge in [-0.3, -0.25) is 4.79 Å². The van der Waals surface area contributed by atoms with Gasteiger partial charge in [-0.05, 0) is 24.5 Å². The number of fused-ring (bicyclic) bond motifs is 1. The maximum atomic E-state index is 13.0. The van der Waals surface area contributed by atoms with E-state index >= 15 is 0 Å². The minimum absolute atomic E-state index is 0.133. The molecule has 1 aromatic carbocycles. The number of rotatable bonds is 6. The van der Waals surface area contributed by atoms with Gasteiger partial charge in [0.15, 0.2) is 6.61 Å². The maximum absolute atomic E-state index is 13.0. The van der Waals surface area contributed by atoms with Crippen LogP contribution in [-0.2, 0) is 11.0 Å². The van der Waals surface area contributed by atoms with E-state index in [-0.39, 0.29) is 29.2 Å². The van der Waals surface area contributed by atoms with E-state index in [2.05, 4.69) is 5.32 Å². The Hall–Kier alpha value is -2.51. The molecule has 0 bridgehead atoms. The van der Waals surface area contributed by atoms with Crippen molar-refractivity contribution in [2.24, 2.45) is 5.92 Å². The second-order valence-corrected chi connectivity index (χ2v) is 5.96. The number of hydrogen-bond acceptors (Lipinski definition) is 4. The van der Waals surface area contributed by atoms with E-state index in [0.717, 1.165) is 18.6 Å². The highest BCUT2D eigenvalue weighted by atomic mass is 19.4. The molecule has 1 N–H and O–H groups in total. The standard InChI is InChI=1S/C17H18F3NO4/c1-10(2)5-6-21-15(22)9-24-11-3-4-12-13(17(18,19)20)8-16(23)25-14(12)7-11/h3-4,7-8,10H,5-6,9H2,1-2H3,(H,21,22).